The van der Waals surface area contributed by atoms with Crippen LogP contribution in [0.15, 0.2) is 23.8 Å². The number of imide groups is 2. The molecule has 1 fully saturated rings. The van der Waals surface area contributed by atoms with Crippen LogP contribution in [-0.2, 0) is 9.59 Å². The molecule has 0 aliphatic carbocycles. The van der Waals surface area contributed by atoms with Crippen LogP contribution in [-0.4, -0.2) is 29.9 Å². The molecule has 142 valence electrons. The maximum Gasteiger partial charge on any atom is 0.328 e. The molecule has 1 saturated heterocycles. The molecule has 0 spiro atoms. The Morgan fingerprint density at radius 2 is 1.78 bits per heavy atom. The monoisotopic (exact) mass is 371 g/mol. The molecular weight excluding hydrogens is 349 g/mol. The van der Waals surface area contributed by atoms with Crippen LogP contribution in [0, 0.1) is 5.82 Å². The van der Waals surface area contributed by atoms with Crippen LogP contribution in [0.3, 0.4) is 0 Å². The van der Waals surface area contributed by atoms with Crippen molar-refractivity contribution in [2.24, 2.45) is 0 Å². The number of hydrogen-bond donors (Lipinski definition) is 2. The predicted molar refractivity (Wildman–Crippen MR) is 101 cm³/mol. The van der Waals surface area contributed by atoms with Gasteiger partial charge in [0.1, 0.15) is 11.4 Å². The van der Waals surface area contributed by atoms with E-state index in [1.807, 2.05) is 17.6 Å². The average Bonchev–Trinajstić information content (AvgIpc) is 2.55. The van der Waals surface area contributed by atoms with Crippen molar-refractivity contribution in [1.82, 2.24) is 10.6 Å². The lowest BCUT2D eigenvalue weighted by Crippen LogP contribution is -2.51. The van der Waals surface area contributed by atoms with Gasteiger partial charge in [0, 0.05) is 23.4 Å². The first-order valence-electron chi connectivity index (χ1n) is 8.83. The zero-order valence-electron chi connectivity index (χ0n) is 15.8. The van der Waals surface area contributed by atoms with Crippen LogP contribution in [0.1, 0.15) is 45.2 Å². The molecular formula is C20H22FN3O3. The molecule has 2 N–H and O–H groups in total. The Balaban J connectivity index is 2.11. The number of nitrogens with zero attached hydrogens (tertiary/aromatic N) is 1. The van der Waals surface area contributed by atoms with E-state index < -0.39 is 23.7 Å². The number of benzene rings is 1. The van der Waals surface area contributed by atoms with E-state index in [1.165, 1.54) is 12.1 Å². The van der Waals surface area contributed by atoms with Gasteiger partial charge in [-0.2, -0.15) is 0 Å². The maximum atomic E-state index is 14.8. The Labute approximate surface area is 157 Å². The molecule has 1 aromatic carbocycles. The molecule has 7 heteroatoms. The lowest BCUT2D eigenvalue weighted by atomic mass is 9.87. The summed E-state index contributed by atoms with van der Waals surface area (Å²) < 4.78 is 14.8. The molecule has 0 saturated carbocycles. The minimum absolute atomic E-state index is 0.118. The fourth-order valence-corrected chi connectivity index (χ4v) is 3.62. The van der Waals surface area contributed by atoms with Gasteiger partial charge in [0.2, 0.25) is 0 Å². The number of rotatable bonds is 3. The molecule has 3 rings (SSSR count). The predicted octanol–water partition coefficient (Wildman–Crippen LogP) is 2.99. The Bertz CT molecular complexity index is 893. The number of anilines is 1. The van der Waals surface area contributed by atoms with Gasteiger partial charge in [-0.15, -0.1) is 0 Å². The zero-order valence-corrected chi connectivity index (χ0v) is 15.8. The molecule has 4 amide bonds. The van der Waals surface area contributed by atoms with Crippen molar-refractivity contribution >= 4 is 35.2 Å². The van der Waals surface area contributed by atoms with Crippen molar-refractivity contribution < 1.29 is 18.8 Å². The summed E-state index contributed by atoms with van der Waals surface area (Å²) in [7, 11) is 0. The van der Waals surface area contributed by atoms with E-state index in [4.69, 9.17) is 0 Å². The highest BCUT2D eigenvalue weighted by Crippen LogP contribution is 2.40. The van der Waals surface area contributed by atoms with E-state index in [0.29, 0.717) is 0 Å². The van der Waals surface area contributed by atoms with E-state index in [2.05, 4.69) is 31.7 Å². The third kappa shape index (κ3) is 3.37. The first-order valence-corrected chi connectivity index (χ1v) is 8.83. The summed E-state index contributed by atoms with van der Waals surface area (Å²) in [6.45, 7) is 8.96. The van der Waals surface area contributed by atoms with Gasteiger partial charge in [0.25, 0.3) is 11.8 Å². The molecule has 27 heavy (non-hydrogen) atoms. The molecule has 2 aliphatic rings. The van der Waals surface area contributed by atoms with Crippen molar-refractivity contribution in [3.05, 3.63) is 40.7 Å². The molecule has 0 aromatic heterocycles. The van der Waals surface area contributed by atoms with Crippen molar-refractivity contribution in [2.75, 3.05) is 11.4 Å². The SMILES string of the molecule is CCCN1c2cc(F)c(C=C3C(=O)NC(=O)NC3=O)cc2C(C)=CC1(C)C. The maximum absolute atomic E-state index is 14.8. The fourth-order valence-electron chi connectivity index (χ4n) is 3.62. The lowest BCUT2D eigenvalue weighted by Gasteiger charge is -2.43. The third-order valence-corrected chi connectivity index (χ3v) is 4.79. The Morgan fingerprint density at radius 3 is 2.37 bits per heavy atom. The van der Waals surface area contributed by atoms with Crippen LogP contribution >= 0.6 is 0 Å². The number of allylic oxidation sites excluding steroid dienone is 1. The van der Waals surface area contributed by atoms with E-state index in [1.54, 1.807) is 6.07 Å². The Hall–Kier alpha value is -2.96. The summed E-state index contributed by atoms with van der Waals surface area (Å²) in [4.78, 5) is 37.1. The fraction of sp³-hybridized carbons (Fsp3) is 0.350. The standard InChI is InChI=1S/C20H22FN3O3/c1-5-6-24-16-9-15(21)12(7-13(16)11(2)10-20(24,3)4)8-14-17(25)22-19(27)23-18(14)26/h7-10H,5-6H2,1-4H3,(H2,22,23,25,26,27). The summed E-state index contributed by atoms with van der Waals surface area (Å²) >= 11 is 0. The first kappa shape index (κ1) is 18.8. The number of carbonyl (C=O) groups excluding carboxylic acids is 3. The second kappa shape index (κ2) is 6.64. The van der Waals surface area contributed by atoms with Crippen LogP contribution in [0.25, 0.3) is 11.6 Å². The minimum atomic E-state index is -0.885. The van der Waals surface area contributed by atoms with E-state index in [-0.39, 0.29) is 16.7 Å². The summed E-state index contributed by atoms with van der Waals surface area (Å²) in [5, 5.41) is 3.97. The zero-order chi connectivity index (χ0) is 19.9. The minimum Gasteiger partial charge on any atom is -0.362 e. The third-order valence-electron chi connectivity index (χ3n) is 4.79. The summed E-state index contributed by atoms with van der Waals surface area (Å²) in [6.07, 6.45) is 4.21. The van der Waals surface area contributed by atoms with E-state index >= 15 is 0 Å². The number of carbonyl (C=O) groups is 3. The van der Waals surface area contributed by atoms with Gasteiger partial charge in [0.15, 0.2) is 0 Å². The average molecular weight is 371 g/mol. The Morgan fingerprint density at radius 1 is 1.15 bits per heavy atom. The first-order chi connectivity index (χ1) is 12.6. The van der Waals surface area contributed by atoms with Crippen LogP contribution in [0.4, 0.5) is 14.9 Å². The van der Waals surface area contributed by atoms with Crippen molar-refractivity contribution in [2.45, 2.75) is 39.7 Å². The largest absolute Gasteiger partial charge is 0.362 e. The van der Waals surface area contributed by atoms with Gasteiger partial charge >= 0.3 is 6.03 Å². The van der Waals surface area contributed by atoms with Crippen LogP contribution in [0.5, 0.6) is 0 Å². The van der Waals surface area contributed by atoms with Gasteiger partial charge in [-0.1, -0.05) is 13.0 Å². The normalized spacial score (nSPS) is 18.6. The quantitative estimate of drug-likeness (QED) is 0.632. The van der Waals surface area contributed by atoms with Gasteiger partial charge in [-0.25, -0.2) is 9.18 Å². The van der Waals surface area contributed by atoms with Crippen LogP contribution < -0.4 is 15.5 Å². The highest BCUT2D eigenvalue weighted by atomic mass is 19.1. The van der Waals surface area contributed by atoms with Crippen molar-refractivity contribution in [3.63, 3.8) is 0 Å². The molecule has 2 heterocycles. The van der Waals surface area contributed by atoms with Crippen molar-refractivity contribution in [1.29, 1.82) is 0 Å². The molecule has 6 nitrogen and oxygen atoms in total. The van der Waals surface area contributed by atoms with Gasteiger partial charge in [-0.3, -0.25) is 20.2 Å². The molecule has 0 radical (unpaired) electrons. The van der Waals surface area contributed by atoms with Gasteiger partial charge < -0.3 is 4.90 Å². The molecule has 0 bridgehead atoms. The number of amides is 4. The number of nitrogens with one attached hydrogen (secondary N) is 2. The molecule has 1 aromatic rings. The highest BCUT2D eigenvalue weighted by molar-refractivity contribution is 6.31. The second-order valence-corrected chi connectivity index (χ2v) is 7.32. The van der Waals surface area contributed by atoms with Gasteiger partial charge in [0.05, 0.1) is 5.54 Å². The topological polar surface area (TPSA) is 78.5 Å². The highest BCUT2D eigenvalue weighted by Gasteiger charge is 2.32. The molecule has 0 unspecified atom stereocenters. The summed E-state index contributed by atoms with van der Waals surface area (Å²) in [5.41, 5.74) is 2.19. The number of urea groups is 1. The van der Waals surface area contributed by atoms with Gasteiger partial charge in [-0.05, 0) is 51.0 Å². The van der Waals surface area contributed by atoms with Crippen molar-refractivity contribution in [3.8, 4) is 0 Å². The Kier molecular flexibility index (Phi) is 4.63. The van der Waals surface area contributed by atoms with E-state index in [0.717, 1.165) is 29.8 Å². The number of hydrogen-bond acceptors (Lipinski definition) is 4. The number of fused-ring (bicyclic) bond motifs is 1. The van der Waals surface area contributed by atoms with Crippen LogP contribution in [0.2, 0.25) is 0 Å². The van der Waals surface area contributed by atoms with E-state index in [9.17, 15) is 18.8 Å². The lowest BCUT2D eigenvalue weighted by molar-refractivity contribution is -0.123. The summed E-state index contributed by atoms with van der Waals surface area (Å²) in [5.74, 6) is -2.23. The second-order valence-electron chi connectivity index (χ2n) is 7.32. The smallest absolute Gasteiger partial charge is 0.328 e. The summed E-state index contributed by atoms with van der Waals surface area (Å²) in [6, 6.07) is 2.20. The molecule has 2 aliphatic heterocycles. The number of barbiturate groups is 1. The molecule has 0 atom stereocenters. The number of halogens is 1.